The van der Waals surface area contributed by atoms with Gasteiger partial charge >= 0.3 is 0 Å². The Bertz CT molecular complexity index is 574. The molecule has 10 atom stereocenters. The van der Waals surface area contributed by atoms with Crippen molar-refractivity contribution in [1.82, 2.24) is 0 Å². The third-order valence-corrected chi connectivity index (χ3v) is 9.24. The van der Waals surface area contributed by atoms with E-state index < -0.39 is 40.3 Å². The van der Waals surface area contributed by atoms with Crippen LogP contribution in [0.3, 0.4) is 0 Å². The highest BCUT2D eigenvalue weighted by Gasteiger charge is 2.72. The van der Waals surface area contributed by atoms with Gasteiger partial charge in [0.25, 0.3) is 0 Å². The van der Waals surface area contributed by atoms with E-state index in [1.807, 2.05) is 20.8 Å². The summed E-state index contributed by atoms with van der Waals surface area (Å²) in [6.07, 6.45) is 0.606. The molecule has 1 spiro atoms. The Morgan fingerprint density at radius 3 is 2.08 bits per heavy atom. The van der Waals surface area contributed by atoms with Crippen molar-refractivity contribution in [2.45, 2.75) is 89.3 Å². The molecule has 0 radical (unpaired) electrons. The minimum Gasteiger partial charge on any atom is -0.392 e. The molecular formula is C20H34O5. The normalized spacial score (nSPS) is 63.0. The second kappa shape index (κ2) is 4.99. The maximum Gasteiger partial charge on any atom is 0.101 e. The average molecular weight is 354 g/mol. The maximum atomic E-state index is 11.7. The summed E-state index contributed by atoms with van der Waals surface area (Å²) in [5, 5.41) is 55.4. The van der Waals surface area contributed by atoms with E-state index in [9.17, 15) is 25.5 Å². The monoisotopic (exact) mass is 354 g/mol. The van der Waals surface area contributed by atoms with Crippen molar-refractivity contribution < 1.29 is 25.5 Å². The molecule has 2 bridgehead atoms. The molecule has 0 aliphatic heterocycles. The summed E-state index contributed by atoms with van der Waals surface area (Å²) >= 11 is 0. The molecular weight excluding hydrogens is 320 g/mol. The summed E-state index contributed by atoms with van der Waals surface area (Å²) in [4.78, 5) is 0. The highest BCUT2D eigenvalue weighted by Crippen LogP contribution is 2.68. The molecule has 5 N–H and O–H groups in total. The van der Waals surface area contributed by atoms with E-state index in [2.05, 4.69) is 6.92 Å². The number of aliphatic hydroxyl groups excluding tert-OH is 3. The Labute approximate surface area is 150 Å². The smallest absolute Gasteiger partial charge is 0.101 e. The fourth-order valence-corrected chi connectivity index (χ4v) is 7.79. The molecule has 5 heteroatoms. The summed E-state index contributed by atoms with van der Waals surface area (Å²) in [7, 11) is 0. The van der Waals surface area contributed by atoms with Crippen LogP contribution in [0.2, 0.25) is 0 Å². The maximum absolute atomic E-state index is 11.7. The first-order valence-electron chi connectivity index (χ1n) is 9.88. The Balaban J connectivity index is 1.83. The number of rotatable bonds is 0. The van der Waals surface area contributed by atoms with Crippen LogP contribution in [0.5, 0.6) is 0 Å². The van der Waals surface area contributed by atoms with Crippen molar-refractivity contribution in [1.29, 1.82) is 0 Å². The lowest BCUT2D eigenvalue weighted by molar-refractivity contribution is -0.178. The van der Waals surface area contributed by atoms with Crippen LogP contribution in [0.25, 0.3) is 0 Å². The number of aliphatic hydroxyl groups is 5. The lowest BCUT2D eigenvalue weighted by Crippen LogP contribution is -2.57. The average Bonchev–Trinajstić information content (AvgIpc) is 2.71. The number of hydrogen-bond acceptors (Lipinski definition) is 5. The van der Waals surface area contributed by atoms with Crippen LogP contribution in [0, 0.1) is 34.5 Å². The zero-order chi connectivity index (χ0) is 18.6. The van der Waals surface area contributed by atoms with Crippen LogP contribution < -0.4 is 0 Å². The van der Waals surface area contributed by atoms with Gasteiger partial charge in [0.05, 0.1) is 23.9 Å². The van der Waals surface area contributed by atoms with E-state index in [0.29, 0.717) is 19.3 Å². The van der Waals surface area contributed by atoms with Gasteiger partial charge in [-0.2, -0.15) is 0 Å². The van der Waals surface area contributed by atoms with E-state index in [1.54, 1.807) is 0 Å². The molecule has 0 aromatic rings. The minimum atomic E-state index is -1.37. The van der Waals surface area contributed by atoms with Crippen LogP contribution in [0.1, 0.15) is 59.8 Å². The largest absolute Gasteiger partial charge is 0.392 e. The Hall–Kier alpha value is -0.200. The third kappa shape index (κ3) is 1.92. The van der Waals surface area contributed by atoms with Gasteiger partial charge in [0, 0.05) is 16.7 Å². The van der Waals surface area contributed by atoms with Gasteiger partial charge in [0.2, 0.25) is 0 Å². The first-order chi connectivity index (χ1) is 11.4. The standard InChI is InChI=1S/C20H34O5/c1-10-11-5-6-12-16(23)19(11,9-18(12,4)24)8-15(22)20(25)13(10)7-14(21)17(20,2)3/h10-16,21-25H,5-9H2,1-4H3/t10-,11+,12+,13+,14-,15-,16-,18+,19-,20+/m0/s1. The second-order valence-electron chi connectivity index (χ2n) is 10.5. The summed E-state index contributed by atoms with van der Waals surface area (Å²) < 4.78 is 0. The van der Waals surface area contributed by atoms with Gasteiger partial charge in [0.1, 0.15) is 5.60 Å². The zero-order valence-corrected chi connectivity index (χ0v) is 15.8. The van der Waals surface area contributed by atoms with Crippen LogP contribution in [0.15, 0.2) is 0 Å². The van der Waals surface area contributed by atoms with Crippen LogP contribution in [-0.4, -0.2) is 55.0 Å². The molecule has 4 saturated carbocycles. The van der Waals surface area contributed by atoms with E-state index in [4.69, 9.17) is 0 Å². The lowest BCUT2D eigenvalue weighted by Gasteiger charge is -2.47. The van der Waals surface area contributed by atoms with Crippen LogP contribution >= 0.6 is 0 Å². The highest BCUT2D eigenvalue weighted by atomic mass is 16.4. The Morgan fingerprint density at radius 1 is 0.840 bits per heavy atom. The molecule has 4 aliphatic carbocycles. The molecule has 144 valence electrons. The lowest BCUT2D eigenvalue weighted by atomic mass is 9.59. The summed E-state index contributed by atoms with van der Waals surface area (Å²) in [5.74, 6) is -0.147. The van der Waals surface area contributed by atoms with Crippen molar-refractivity contribution in [2.24, 2.45) is 34.5 Å². The molecule has 0 aromatic heterocycles. The van der Waals surface area contributed by atoms with E-state index in [0.717, 1.165) is 12.8 Å². The van der Waals surface area contributed by atoms with Crippen molar-refractivity contribution in [3.8, 4) is 0 Å². The summed E-state index contributed by atoms with van der Waals surface area (Å²) in [5.41, 5.74) is -3.65. The van der Waals surface area contributed by atoms with Gasteiger partial charge in [-0.3, -0.25) is 0 Å². The predicted octanol–water partition coefficient (Wildman–Crippen LogP) is 1.05. The first kappa shape index (κ1) is 18.2. The minimum absolute atomic E-state index is 0.0723. The molecule has 0 saturated heterocycles. The number of hydrogen-bond donors (Lipinski definition) is 5. The third-order valence-electron chi connectivity index (χ3n) is 9.24. The molecule has 0 aromatic carbocycles. The van der Waals surface area contributed by atoms with Crippen molar-refractivity contribution in [3.63, 3.8) is 0 Å². The van der Waals surface area contributed by atoms with Crippen LogP contribution in [0.4, 0.5) is 0 Å². The zero-order valence-electron chi connectivity index (χ0n) is 15.8. The molecule has 5 nitrogen and oxygen atoms in total. The van der Waals surface area contributed by atoms with Crippen molar-refractivity contribution in [2.75, 3.05) is 0 Å². The van der Waals surface area contributed by atoms with E-state index >= 15 is 0 Å². The fraction of sp³-hybridized carbons (Fsp3) is 1.00. The molecule has 4 rings (SSSR count). The molecule has 25 heavy (non-hydrogen) atoms. The van der Waals surface area contributed by atoms with Crippen molar-refractivity contribution >= 4 is 0 Å². The molecule has 4 aliphatic rings. The predicted molar refractivity (Wildman–Crippen MR) is 92.5 cm³/mol. The van der Waals surface area contributed by atoms with E-state index in [-0.39, 0.29) is 23.7 Å². The second-order valence-corrected chi connectivity index (χ2v) is 10.5. The summed E-state index contributed by atoms with van der Waals surface area (Å²) in [6, 6.07) is 0. The van der Waals surface area contributed by atoms with Gasteiger partial charge in [-0.25, -0.2) is 0 Å². The SMILES string of the molecule is C[C@H]1[C@H]2CC[C@@H]3[C@H](O)[C@@]2(C[C@H](O)[C@]2(O)[C@@H]1C[C@H](O)C2(C)C)C[C@@]3(C)O. The van der Waals surface area contributed by atoms with Gasteiger partial charge in [-0.15, -0.1) is 0 Å². The molecule has 0 heterocycles. The topological polar surface area (TPSA) is 101 Å². The highest BCUT2D eigenvalue weighted by molar-refractivity contribution is 5.22. The Kier molecular flexibility index (Phi) is 3.63. The van der Waals surface area contributed by atoms with Gasteiger partial charge < -0.3 is 25.5 Å². The molecule has 0 amide bonds. The first-order valence-corrected chi connectivity index (χ1v) is 9.88. The van der Waals surface area contributed by atoms with E-state index in [1.165, 1.54) is 0 Å². The van der Waals surface area contributed by atoms with Crippen LogP contribution in [-0.2, 0) is 0 Å². The number of fused-ring (bicyclic) bond motifs is 2. The van der Waals surface area contributed by atoms with Gasteiger partial charge in [-0.05, 0) is 56.8 Å². The molecule has 4 fully saturated rings. The Morgan fingerprint density at radius 2 is 1.44 bits per heavy atom. The van der Waals surface area contributed by atoms with Crippen molar-refractivity contribution in [3.05, 3.63) is 0 Å². The van der Waals surface area contributed by atoms with Gasteiger partial charge in [0.15, 0.2) is 0 Å². The van der Waals surface area contributed by atoms with Gasteiger partial charge in [-0.1, -0.05) is 20.8 Å². The summed E-state index contributed by atoms with van der Waals surface area (Å²) in [6.45, 7) is 7.59. The molecule has 0 unspecified atom stereocenters. The quantitative estimate of drug-likeness (QED) is 0.448. The fourth-order valence-electron chi connectivity index (χ4n) is 7.79.